The third-order valence-electron chi connectivity index (χ3n) is 4.33. The molecule has 1 N–H and O–H groups in total. The zero-order valence-electron chi connectivity index (χ0n) is 14.8. The predicted octanol–water partition coefficient (Wildman–Crippen LogP) is 1.73. The first-order valence-electron chi connectivity index (χ1n) is 8.58. The summed E-state index contributed by atoms with van der Waals surface area (Å²) in [5.41, 5.74) is 0. The van der Waals surface area contributed by atoms with Crippen LogP contribution < -0.4 is 5.32 Å². The summed E-state index contributed by atoms with van der Waals surface area (Å²) in [6, 6.07) is 3.59. The number of carbonyl (C=O) groups is 2. The Morgan fingerprint density at radius 1 is 1.33 bits per heavy atom. The fourth-order valence-electron chi connectivity index (χ4n) is 2.80. The number of hydrogen-bond acceptors (Lipinski definition) is 7. The molecule has 0 unspecified atom stereocenters. The Labute approximate surface area is 169 Å². The maximum absolute atomic E-state index is 12.4. The summed E-state index contributed by atoms with van der Waals surface area (Å²) in [5, 5.41) is 14.7. The summed E-state index contributed by atoms with van der Waals surface area (Å²) < 4.78 is 2.44. The Morgan fingerprint density at radius 2 is 2.11 bits per heavy atom. The zero-order valence-corrected chi connectivity index (χ0v) is 17.2. The van der Waals surface area contributed by atoms with Gasteiger partial charge in [-0.15, -0.1) is 5.10 Å². The molecule has 1 fully saturated rings. The Morgan fingerprint density at radius 3 is 2.74 bits per heavy atom. The molecule has 9 nitrogen and oxygen atoms in total. The van der Waals surface area contributed by atoms with Crippen molar-refractivity contribution in [1.29, 1.82) is 0 Å². The third kappa shape index (κ3) is 5.48. The van der Waals surface area contributed by atoms with E-state index in [-0.39, 0.29) is 17.7 Å². The SMILES string of the molecule is Cn1nnnc1SCCC(=O)N1CCC(C(=O)Nc2ccc(Br)cn2)CC1. The van der Waals surface area contributed by atoms with Crippen molar-refractivity contribution in [3.8, 4) is 0 Å². The summed E-state index contributed by atoms with van der Waals surface area (Å²) in [4.78, 5) is 30.7. The number of amides is 2. The highest BCUT2D eigenvalue weighted by molar-refractivity contribution is 9.10. The van der Waals surface area contributed by atoms with Crippen molar-refractivity contribution in [2.24, 2.45) is 13.0 Å². The number of anilines is 1. The molecule has 0 radical (unpaired) electrons. The largest absolute Gasteiger partial charge is 0.343 e. The molecule has 0 saturated carbocycles. The quantitative estimate of drug-likeness (QED) is 0.663. The molecular formula is C16H20BrN7O2S. The lowest BCUT2D eigenvalue weighted by molar-refractivity contribution is -0.134. The minimum absolute atomic E-state index is 0.0396. The third-order valence-corrected chi connectivity index (χ3v) is 5.81. The number of rotatable bonds is 6. The summed E-state index contributed by atoms with van der Waals surface area (Å²) in [6.45, 7) is 1.20. The molecule has 0 atom stereocenters. The van der Waals surface area contributed by atoms with Crippen LogP contribution in [-0.4, -0.2) is 60.7 Å². The number of aromatic nitrogens is 5. The van der Waals surface area contributed by atoms with Crippen LogP contribution in [0.4, 0.5) is 5.82 Å². The van der Waals surface area contributed by atoms with E-state index in [2.05, 4.69) is 41.8 Å². The van der Waals surface area contributed by atoms with Gasteiger partial charge < -0.3 is 10.2 Å². The van der Waals surface area contributed by atoms with Crippen molar-refractivity contribution in [1.82, 2.24) is 30.1 Å². The molecule has 11 heteroatoms. The summed E-state index contributed by atoms with van der Waals surface area (Å²) in [5.74, 6) is 1.13. The van der Waals surface area contributed by atoms with E-state index in [0.717, 1.165) is 4.47 Å². The standard InChI is InChI=1S/C16H20BrN7O2S/c1-23-16(20-21-22-23)27-9-6-14(25)24-7-4-11(5-8-24)15(26)19-13-3-2-12(17)10-18-13/h2-3,10-11H,4-9H2,1H3,(H,18,19,26). The number of piperidine rings is 1. The summed E-state index contributed by atoms with van der Waals surface area (Å²) >= 11 is 4.77. The number of carbonyl (C=O) groups excluding carboxylic acids is 2. The highest BCUT2D eigenvalue weighted by Gasteiger charge is 2.27. The lowest BCUT2D eigenvalue weighted by Gasteiger charge is -2.31. The summed E-state index contributed by atoms with van der Waals surface area (Å²) in [7, 11) is 1.77. The van der Waals surface area contributed by atoms with E-state index in [1.165, 1.54) is 11.8 Å². The highest BCUT2D eigenvalue weighted by atomic mass is 79.9. The first-order chi connectivity index (χ1) is 13.0. The van der Waals surface area contributed by atoms with E-state index in [9.17, 15) is 9.59 Å². The molecule has 3 heterocycles. The van der Waals surface area contributed by atoms with Gasteiger partial charge in [0, 0.05) is 48.9 Å². The second kappa shape index (κ2) is 9.27. The number of likely N-dealkylation sites (tertiary alicyclic amines) is 1. The Bertz CT molecular complexity index is 790. The number of nitrogens with zero attached hydrogens (tertiary/aromatic N) is 6. The number of pyridine rings is 1. The van der Waals surface area contributed by atoms with Crippen molar-refractivity contribution in [2.45, 2.75) is 24.4 Å². The Hall–Kier alpha value is -2.01. The minimum atomic E-state index is -0.0985. The monoisotopic (exact) mass is 453 g/mol. The van der Waals surface area contributed by atoms with Gasteiger partial charge in [0.05, 0.1) is 0 Å². The predicted molar refractivity (Wildman–Crippen MR) is 104 cm³/mol. The van der Waals surface area contributed by atoms with Gasteiger partial charge in [-0.25, -0.2) is 9.67 Å². The molecule has 2 aromatic heterocycles. The molecule has 1 saturated heterocycles. The Balaban J connectivity index is 1.40. The van der Waals surface area contributed by atoms with Crippen LogP contribution in [0.25, 0.3) is 0 Å². The summed E-state index contributed by atoms with van der Waals surface area (Å²) in [6.07, 6.45) is 3.39. The van der Waals surface area contributed by atoms with Gasteiger partial charge in [-0.05, 0) is 51.3 Å². The molecule has 2 aromatic rings. The second-order valence-electron chi connectivity index (χ2n) is 6.19. The van der Waals surface area contributed by atoms with Crippen LogP contribution in [0.2, 0.25) is 0 Å². The molecule has 2 amide bonds. The highest BCUT2D eigenvalue weighted by Crippen LogP contribution is 2.21. The van der Waals surface area contributed by atoms with E-state index in [0.29, 0.717) is 49.1 Å². The fraction of sp³-hybridized carbons (Fsp3) is 0.500. The van der Waals surface area contributed by atoms with Gasteiger partial charge in [0.2, 0.25) is 17.0 Å². The normalized spacial score (nSPS) is 15.0. The van der Waals surface area contributed by atoms with Crippen molar-refractivity contribution in [2.75, 3.05) is 24.2 Å². The molecule has 0 spiro atoms. The molecule has 144 valence electrons. The van der Waals surface area contributed by atoms with E-state index in [1.54, 1.807) is 24.0 Å². The first kappa shape index (κ1) is 19.7. The maximum atomic E-state index is 12.4. The van der Waals surface area contributed by atoms with E-state index < -0.39 is 0 Å². The molecule has 0 aromatic carbocycles. The number of hydrogen-bond donors (Lipinski definition) is 1. The van der Waals surface area contributed by atoms with Crippen molar-refractivity contribution < 1.29 is 9.59 Å². The van der Waals surface area contributed by atoms with Crippen LogP contribution in [0.15, 0.2) is 28.0 Å². The second-order valence-corrected chi connectivity index (χ2v) is 8.17. The average molecular weight is 454 g/mol. The molecule has 0 aliphatic carbocycles. The van der Waals surface area contributed by atoms with E-state index in [1.807, 2.05) is 11.0 Å². The van der Waals surface area contributed by atoms with Gasteiger partial charge in [0.25, 0.3) is 0 Å². The molecule has 0 bridgehead atoms. The number of thioether (sulfide) groups is 1. The lowest BCUT2D eigenvalue weighted by Crippen LogP contribution is -2.41. The molecule has 1 aliphatic heterocycles. The zero-order chi connectivity index (χ0) is 19.2. The van der Waals surface area contributed by atoms with Gasteiger partial charge >= 0.3 is 0 Å². The van der Waals surface area contributed by atoms with Crippen LogP contribution in [0.3, 0.4) is 0 Å². The van der Waals surface area contributed by atoms with E-state index >= 15 is 0 Å². The fourth-order valence-corrected chi connectivity index (χ4v) is 3.81. The van der Waals surface area contributed by atoms with Gasteiger partial charge in [-0.1, -0.05) is 11.8 Å². The lowest BCUT2D eigenvalue weighted by atomic mass is 9.95. The molecule has 3 rings (SSSR count). The Kier molecular flexibility index (Phi) is 6.78. The van der Waals surface area contributed by atoms with Gasteiger partial charge in [0.15, 0.2) is 0 Å². The van der Waals surface area contributed by atoms with Crippen LogP contribution in [0, 0.1) is 5.92 Å². The maximum Gasteiger partial charge on any atom is 0.228 e. The van der Waals surface area contributed by atoms with Crippen LogP contribution in [-0.2, 0) is 16.6 Å². The van der Waals surface area contributed by atoms with Gasteiger partial charge in [0.1, 0.15) is 5.82 Å². The smallest absolute Gasteiger partial charge is 0.228 e. The van der Waals surface area contributed by atoms with Crippen LogP contribution in [0.1, 0.15) is 19.3 Å². The van der Waals surface area contributed by atoms with Crippen molar-refractivity contribution >= 4 is 45.3 Å². The molecular weight excluding hydrogens is 434 g/mol. The molecule has 27 heavy (non-hydrogen) atoms. The minimum Gasteiger partial charge on any atom is -0.343 e. The topological polar surface area (TPSA) is 106 Å². The number of aryl methyl sites for hydroxylation is 1. The number of nitrogens with one attached hydrogen (secondary N) is 1. The molecule has 1 aliphatic rings. The van der Waals surface area contributed by atoms with Gasteiger partial charge in [-0.3, -0.25) is 9.59 Å². The van der Waals surface area contributed by atoms with Crippen molar-refractivity contribution in [3.63, 3.8) is 0 Å². The number of halogens is 1. The van der Waals surface area contributed by atoms with E-state index in [4.69, 9.17) is 0 Å². The average Bonchev–Trinajstić information content (AvgIpc) is 3.08. The van der Waals surface area contributed by atoms with Gasteiger partial charge in [-0.2, -0.15) is 0 Å². The number of tetrazole rings is 1. The van der Waals surface area contributed by atoms with Crippen molar-refractivity contribution in [3.05, 3.63) is 22.8 Å². The van der Waals surface area contributed by atoms with Crippen LogP contribution in [0.5, 0.6) is 0 Å². The van der Waals surface area contributed by atoms with Crippen LogP contribution >= 0.6 is 27.7 Å². The first-order valence-corrected chi connectivity index (χ1v) is 10.4.